The summed E-state index contributed by atoms with van der Waals surface area (Å²) in [6.45, 7) is 10.1. The van der Waals surface area contributed by atoms with Crippen LogP contribution < -0.4 is 9.36 Å². The minimum atomic E-state index is -1.67. The van der Waals surface area contributed by atoms with Crippen LogP contribution in [0.4, 0.5) is 8.78 Å². The maximum absolute atomic E-state index is 15.0. The van der Waals surface area contributed by atoms with Gasteiger partial charge in [0.05, 0.1) is 0 Å². The molecule has 2 atom stereocenters. The molecule has 4 aromatic rings. The summed E-state index contributed by atoms with van der Waals surface area (Å²) >= 11 is 0. The van der Waals surface area contributed by atoms with Gasteiger partial charge in [0.15, 0.2) is 0 Å². The van der Waals surface area contributed by atoms with E-state index in [1.807, 2.05) is 11.6 Å². The standard InChI is InChI=1S/C27H31F2N7O/c1-18(27(37,15-35-17-30-16-31-35)22-10-9-21(28)13-23(22)29)34-11-12-36-24(14-34)32-25(33-36)19-5-7-20(8-6-19)26(2,3)4/h5-10,13,16-18,37H,11-12,14-15H2,1-4H3/p+2/t18-,27-/m1/s1. The number of fused-ring (bicyclic) bond motifs is 1. The highest BCUT2D eigenvalue weighted by Crippen LogP contribution is 2.33. The monoisotopic (exact) mass is 509 g/mol. The molecule has 0 fully saturated rings. The molecule has 0 aliphatic carbocycles. The van der Waals surface area contributed by atoms with Gasteiger partial charge in [-0.3, -0.25) is 4.90 Å². The normalized spacial score (nSPS) is 16.8. The summed E-state index contributed by atoms with van der Waals surface area (Å²) in [7, 11) is 0. The van der Waals surface area contributed by atoms with Gasteiger partial charge in [0.2, 0.25) is 6.33 Å². The molecule has 1 aliphatic heterocycles. The number of aromatic nitrogens is 6. The molecule has 0 unspecified atom stereocenters. The molecule has 0 spiro atoms. The first-order valence-electron chi connectivity index (χ1n) is 12.4. The summed E-state index contributed by atoms with van der Waals surface area (Å²) in [6.07, 6.45) is 3.00. The molecule has 0 radical (unpaired) electrons. The molecule has 2 aromatic heterocycles. The SMILES string of the molecule is C[C@@H](N1CC[n+]2[nH]c(-c3ccc(C(C)(C)C)cc3)nc2C1)[C@](O)(C[n+]1cnc[nH]1)c1ccc(F)cc1F. The Bertz CT molecular complexity index is 1380. The molecule has 5 rings (SSSR count). The Morgan fingerprint density at radius 3 is 2.54 bits per heavy atom. The van der Waals surface area contributed by atoms with Gasteiger partial charge in [-0.1, -0.05) is 39.0 Å². The zero-order chi connectivity index (χ0) is 26.4. The van der Waals surface area contributed by atoms with E-state index in [-0.39, 0.29) is 17.5 Å². The van der Waals surface area contributed by atoms with Crippen LogP contribution >= 0.6 is 0 Å². The molecule has 2 aromatic carbocycles. The molecule has 0 saturated heterocycles. The number of hydrogen-bond acceptors (Lipinski definition) is 4. The number of benzene rings is 2. The van der Waals surface area contributed by atoms with E-state index < -0.39 is 23.3 Å². The van der Waals surface area contributed by atoms with Crippen molar-refractivity contribution < 1.29 is 23.3 Å². The zero-order valence-corrected chi connectivity index (χ0v) is 21.5. The molecule has 194 valence electrons. The molecule has 37 heavy (non-hydrogen) atoms. The summed E-state index contributed by atoms with van der Waals surface area (Å²) in [5, 5.41) is 18.3. The van der Waals surface area contributed by atoms with Gasteiger partial charge >= 0.3 is 12.2 Å². The van der Waals surface area contributed by atoms with Crippen molar-refractivity contribution in [3.8, 4) is 11.4 Å². The Morgan fingerprint density at radius 1 is 1.14 bits per heavy atom. The molecule has 0 bridgehead atoms. The predicted molar refractivity (Wildman–Crippen MR) is 132 cm³/mol. The summed E-state index contributed by atoms with van der Waals surface area (Å²) in [6, 6.07) is 11.2. The lowest BCUT2D eigenvalue weighted by Crippen LogP contribution is -2.61. The van der Waals surface area contributed by atoms with Crippen LogP contribution in [0.1, 0.15) is 44.6 Å². The van der Waals surface area contributed by atoms with Gasteiger partial charge in [0.25, 0.3) is 5.82 Å². The maximum atomic E-state index is 15.0. The first-order valence-corrected chi connectivity index (χ1v) is 12.4. The van der Waals surface area contributed by atoms with Gasteiger partial charge in [-0.05, 0) is 46.1 Å². The van der Waals surface area contributed by atoms with Gasteiger partial charge in [-0.2, -0.15) is 19.6 Å². The number of nitrogens with zero attached hydrogens (tertiary/aromatic N) is 5. The van der Waals surface area contributed by atoms with Gasteiger partial charge in [0.1, 0.15) is 36.9 Å². The largest absolute Gasteiger partial charge is 0.379 e. The van der Waals surface area contributed by atoms with Crippen molar-refractivity contribution in [3.63, 3.8) is 0 Å². The number of hydrogen-bond donors (Lipinski definition) is 3. The van der Waals surface area contributed by atoms with Crippen LogP contribution in [0.15, 0.2) is 55.1 Å². The second kappa shape index (κ2) is 9.42. The first-order chi connectivity index (χ1) is 17.5. The fourth-order valence-electron chi connectivity index (χ4n) is 4.98. The third-order valence-electron chi connectivity index (χ3n) is 7.32. The van der Waals surface area contributed by atoms with E-state index in [2.05, 4.69) is 65.1 Å². The van der Waals surface area contributed by atoms with E-state index in [4.69, 9.17) is 4.98 Å². The van der Waals surface area contributed by atoms with Crippen molar-refractivity contribution in [2.75, 3.05) is 6.54 Å². The highest BCUT2D eigenvalue weighted by Gasteiger charge is 2.45. The van der Waals surface area contributed by atoms with Gasteiger partial charge < -0.3 is 5.11 Å². The van der Waals surface area contributed by atoms with Crippen molar-refractivity contribution >= 4 is 0 Å². The number of rotatable bonds is 6. The van der Waals surface area contributed by atoms with Crippen molar-refractivity contribution in [3.05, 3.63) is 83.7 Å². The van der Waals surface area contributed by atoms with E-state index in [1.165, 1.54) is 30.4 Å². The first kappa shape index (κ1) is 25.2. The number of nitrogens with one attached hydrogen (secondary N) is 2. The third-order valence-corrected chi connectivity index (χ3v) is 7.32. The summed E-state index contributed by atoms with van der Waals surface area (Å²) in [5.41, 5.74) is 0.682. The molecule has 3 N–H and O–H groups in total. The maximum Gasteiger partial charge on any atom is 0.333 e. The summed E-state index contributed by atoms with van der Waals surface area (Å²) in [4.78, 5) is 10.9. The second-order valence-corrected chi connectivity index (χ2v) is 10.8. The van der Waals surface area contributed by atoms with Crippen LogP contribution in [0.5, 0.6) is 0 Å². The molecule has 1 aliphatic rings. The minimum absolute atomic E-state index is 0.0131. The lowest BCUT2D eigenvalue weighted by atomic mass is 9.85. The van der Waals surface area contributed by atoms with Crippen LogP contribution in [-0.2, 0) is 30.7 Å². The molecular weight excluding hydrogens is 476 g/mol. The molecule has 10 heteroatoms. The van der Waals surface area contributed by atoms with E-state index in [0.29, 0.717) is 19.6 Å². The van der Waals surface area contributed by atoms with Crippen LogP contribution in [-0.4, -0.2) is 42.8 Å². The molecule has 0 amide bonds. The average Bonchev–Trinajstić information content (AvgIpc) is 3.52. The van der Waals surface area contributed by atoms with Crippen LogP contribution in [0, 0.1) is 11.6 Å². The Kier molecular flexibility index (Phi) is 6.41. The number of halogens is 2. The summed E-state index contributed by atoms with van der Waals surface area (Å²) in [5.74, 6) is 0.119. The van der Waals surface area contributed by atoms with E-state index >= 15 is 0 Å². The third kappa shape index (κ3) is 4.91. The van der Waals surface area contributed by atoms with E-state index in [0.717, 1.165) is 23.3 Å². The highest BCUT2D eigenvalue weighted by atomic mass is 19.1. The minimum Gasteiger partial charge on any atom is -0.379 e. The highest BCUT2D eigenvalue weighted by molar-refractivity contribution is 5.55. The van der Waals surface area contributed by atoms with Crippen molar-refractivity contribution in [1.82, 2.24) is 25.1 Å². The summed E-state index contributed by atoms with van der Waals surface area (Å²) < 4.78 is 32.2. The van der Waals surface area contributed by atoms with Crippen LogP contribution in [0.2, 0.25) is 0 Å². The molecule has 3 heterocycles. The molecule has 8 nitrogen and oxygen atoms in total. The van der Waals surface area contributed by atoms with Crippen LogP contribution in [0.25, 0.3) is 11.4 Å². The number of aliphatic hydroxyl groups is 1. The van der Waals surface area contributed by atoms with Crippen molar-refractivity contribution in [1.29, 1.82) is 0 Å². The Morgan fingerprint density at radius 2 is 1.89 bits per heavy atom. The fourth-order valence-corrected chi connectivity index (χ4v) is 4.98. The van der Waals surface area contributed by atoms with Gasteiger partial charge in [0, 0.05) is 29.8 Å². The Labute approximate surface area is 214 Å². The molecule has 0 saturated carbocycles. The average molecular weight is 510 g/mol. The Hall–Kier alpha value is -3.50. The second-order valence-electron chi connectivity index (χ2n) is 10.8. The molecular formula is C27H33F2N7O+2. The fraction of sp³-hybridized carbons (Fsp3) is 0.407. The quantitative estimate of drug-likeness (QED) is 0.349. The lowest BCUT2D eigenvalue weighted by Gasteiger charge is -2.40. The smallest absolute Gasteiger partial charge is 0.333 e. The Balaban J connectivity index is 1.42. The van der Waals surface area contributed by atoms with E-state index in [9.17, 15) is 13.9 Å². The zero-order valence-electron chi connectivity index (χ0n) is 21.5. The number of aromatic amines is 2. The van der Waals surface area contributed by atoms with E-state index in [1.54, 1.807) is 4.68 Å². The van der Waals surface area contributed by atoms with Crippen LogP contribution in [0.3, 0.4) is 0 Å². The number of H-pyrrole nitrogens is 2. The van der Waals surface area contributed by atoms with Crippen molar-refractivity contribution in [2.24, 2.45) is 0 Å². The topological polar surface area (TPSA) is 88.6 Å². The predicted octanol–water partition coefficient (Wildman–Crippen LogP) is 2.74. The van der Waals surface area contributed by atoms with Gasteiger partial charge in [-0.25, -0.2) is 8.78 Å². The lowest BCUT2D eigenvalue weighted by molar-refractivity contribution is -0.768. The van der Waals surface area contributed by atoms with Gasteiger partial charge in [-0.15, -0.1) is 0 Å². The van der Waals surface area contributed by atoms with Crippen molar-refractivity contribution in [2.45, 2.75) is 64.4 Å².